The predicted octanol–water partition coefficient (Wildman–Crippen LogP) is 3.43. The minimum Gasteiger partial charge on any atom is -0.494 e. The van der Waals surface area contributed by atoms with Gasteiger partial charge in [0.05, 0.1) is 5.39 Å². The third kappa shape index (κ3) is 2.56. The lowest BCUT2D eigenvalue weighted by molar-refractivity contribution is -0.136. The molecule has 1 saturated heterocycles. The van der Waals surface area contributed by atoms with Gasteiger partial charge in [0.1, 0.15) is 11.7 Å². The summed E-state index contributed by atoms with van der Waals surface area (Å²) >= 11 is 0. The molecular formula is C19H24N4O2. The standard InChI is InChI=1S/C19H24N4O2/c1-3-15(19(25)22-8-4-5-12(2)10-22)23-11-13-6-7-20-17-16(13)14(9-21-17)18(23)24/h6-7,9,11-12,15,20,24H,3-5,8,10H2,1-2H3/t12?,15-/m1/s1. The first kappa shape index (κ1) is 16.0. The van der Waals surface area contributed by atoms with Crippen molar-refractivity contribution < 1.29 is 9.90 Å². The molecule has 6 heteroatoms. The maximum absolute atomic E-state index is 13.1. The number of H-pyrrole nitrogens is 1. The molecule has 1 aliphatic rings. The van der Waals surface area contributed by atoms with Crippen LogP contribution in [0, 0.1) is 5.92 Å². The number of amides is 1. The molecule has 25 heavy (non-hydrogen) atoms. The Bertz CT molecular complexity index is 926. The normalized spacial score (nSPS) is 19.6. The second kappa shape index (κ2) is 6.10. The van der Waals surface area contributed by atoms with E-state index in [2.05, 4.69) is 16.9 Å². The third-order valence-electron chi connectivity index (χ3n) is 5.34. The zero-order valence-electron chi connectivity index (χ0n) is 14.7. The summed E-state index contributed by atoms with van der Waals surface area (Å²) in [4.78, 5) is 22.5. The highest BCUT2D eigenvalue weighted by atomic mass is 16.3. The van der Waals surface area contributed by atoms with Gasteiger partial charge in [-0.05, 0) is 31.2 Å². The molecule has 1 unspecified atom stereocenters. The number of carbonyl (C=O) groups excluding carboxylic acids is 1. The van der Waals surface area contributed by atoms with E-state index in [-0.39, 0.29) is 11.8 Å². The summed E-state index contributed by atoms with van der Waals surface area (Å²) in [6.45, 7) is 5.79. The van der Waals surface area contributed by atoms with Gasteiger partial charge in [0, 0.05) is 42.5 Å². The van der Waals surface area contributed by atoms with Gasteiger partial charge in [0.25, 0.3) is 0 Å². The van der Waals surface area contributed by atoms with Crippen LogP contribution in [0.3, 0.4) is 0 Å². The summed E-state index contributed by atoms with van der Waals surface area (Å²) < 4.78 is 1.72. The molecule has 0 saturated carbocycles. The van der Waals surface area contributed by atoms with Crippen molar-refractivity contribution >= 4 is 27.7 Å². The molecule has 1 amide bonds. The number of likely N-dealkylation sites (tertiary alicyclic amines) is 1. The fourth-order valence-electron chi connectivity index (χ4n) is 4.04. The van der Waals surface area contributed by atoms with Crippen molar-refractivity contribution in [3.8, 4) is 5.88 Å². The van der Waals surface area contributed by atoms with Crippen LogP contribution in [-0.4, -0.2) is 43.5 Å². The lowest BCUT2D eigenvalue weighted by atomic mass is 9.99. The molecule has 6 nitrogen and oxygen atoms in total. The lowest BCUT2D eigenvalue weighted by Gasteiger charge is -2.34. The van der Waals surface area contributed by atoms with E-state index >= 15 is 0 Å². The van der Waals surface area contributed by atoms with Crippen LogP contribution in [0.1, 0.15) is 39.2 Å². The highest BCUT2D eigenvalue weighted by Crippen LogP contribution is 2.35. The van der Waals surface area contributed by atoms with Crippen molar-refractivity contribution in [2.24, 2.45) is 5.92 Å². The Morgan fingerprint density at radius 3 is 3.12 bits per heavy atom. The van der Waals surface area contributed by atoms with Crippen molar-refractivity contribution in [2.75, 3.05) is 13.1 Å². The molecule has 3 aromatic heterocycles. The number of rotatable bonds is 3. The van der Waals surface area contributed by atoms with Crippen molar-refractivity contribution in [3.63, 3.8) is 0 Å². The maximum Gasteiger partial charge on any atom is 0.245 e. The molecule has 0 aromatic carbocycles. The molecule has 2 N–H and O–H groups in total. The Labute approximate surface area is 146 Å². The average Bonchev–Trinajstić information content (AvgIpc) is 3.05. The SMILES string of the molecule is CC[C@H](C(=O)N1CCCC(C)C1)n1cc2cc[nH]c3ncc(c1O)c23. The van der Waals surface area contributed by atoms with E-state index in [1.807, 2.05) is 30.3 Å². The van der Waals surface area contributed by atoms with E-state index in [0.717, 1.165) is 35.9 Å². The molecule has 1 fully saturated rings. The van der Waals surface area contributed by atoms with Gasteiger partial charge in [0.2, 0.25) is 11.8 Å². The second-order valence-corrected chi connectivity index (χ2v) is 7.14. The summed E-state index contributed by atoms with van der Waals surface area (Å²) in [6.07, 6.45) is 8.24. The maximum atomic E-state index is 13.1. The summed E-state index contributed by atoms with van der Waals surface area (Å²) in [5.41, 5.74) is 0.749. The van der Waals surface area contributed by atoms with Crippen LogP contribution in [0.15, 0.2) is 24.7 Å². The number of hydrogen-bond acceptors (Lipinski definition) is 3. The predicted molar refractivity (Wildman–Crippen MR) is 97.6 cm³/mol. The Kier molecular flexibility index (Phi) is 3.90. The molecule has 0 radical (unpaired) electrons. The van der Waals surface area contributed by atoms with Gasteiger partial charge in [-0.1, -0.05) is 13.8 Å². The van der Waals surface area contributed by atoms with Crippen molar-refractivity contribution in [1.82, 2.24) is 19.4 Å². The molecule has 2 atom stereocenters. The molecule has 0 spiro atoms. The van der Waals surface area contributed by atoms with E-state index in [1.54, 1.807) is 10.8 Å². The van der Waals surface area contributed by atoms with Crippen LogP contribution in [-0.2, 0) is 4.79 Å². The molecule has 132 valence electrons. The van der Waals surface area contributed by atoms with Gasteiger partial charge in [-0.2, -0.15) is 0 Å². The van der Waals surface area contributed by atoms with Gasteiger partial charge in [-0.15, -0.1) is 0 Å². The van der Waals surface area contributed by atoms with Crippen molar-refractivity contribution in [2.45, 2.75) is 39.2 Å². The first-order chi connectivity index (χ1) is 12.1. The van der Waals surface area contributed by atoms with Crippen LogP contribution >= 0.6 is 0 Å². The summed E-state index contributed by atoms with van der Waals surface area (Å²) in [5.74, 6) is 0.742. The minimum absolute atomic E-state index is 0.0959. The average molecular weight is 340 g/mol. The molecule has 4 heterocycles. The zero-order chi connectivity index (χ0) is 17.6. The third-order valence-corrected chi connectivity index (χ3v) is 5.34. The lowest BCUT2D eigenvalue weighted by Crippen LogP contribution is -2.43. The summed E-state index contributed by atoms with van der Waals surface area (Å²) in [7, 11) is 0. The van der Waals surface area contributed by atoms with Gasteiger partial charge in [-0.25, -0.2) is 4.98 Å². The summed E-state index contributed by atoms with van der Waals surface area (Å²) in [5, 5.41) is 13.4. The molecule has 0 aliphatic carbocycles. The Balaban J connectivity index is 1.78. The monoisotopic (exact) mass is 340 g/mol. The van der Waals surface area contributed by atoms with Gasteiger partial charge >= 0.3 is 0 Å². The second-order valence-electron chi connectivity index (χ2n) is 7.14. The highest BCUT2D eigenvalue weighted by Gasteiger charge is 2.29. The van der Waals surface area contributed by atoms with Crippen LogP contribution in [0.5, 0.6) is 5.88 Å². The van der Waals surface area contributed by atoms with E-state index in [9.17, 15) is 9.90 Å². The number of piperidine rings is 1. The molecule has 1 aliphatic heterocycles. The topological polar surface area (TPSA) is 74.2 Å². The van der Waals surface area contributed by atoms with E-state index < -0.39 is 6.04 Å². The number of aromatic amines is 1. The van der Waals surface area contributed by atoms with Crippen molar-refractivity contribution in [1.29, 1.82) is 0 Å². The fourth-order valence-corrected chi connectivity index (χ4v) is 4.04. The fraction of sp³-hybridized carbons (Fsp3) is 0.474. The number of aromatic nitrogens is 3. The Hall–Kier alpha value is -2.50. The van der Waals surface area contributed by atoms with Crippen LogP contribution in [0.4, 0.5) is 0 Å². The summed E-state index contributed by atoms with van der Waals surface area (Å²) in [6, 6.07) is 1.56. The van der Waals surface area contributed by atoms with Gasteiger partial charge in [0.15, 0.2) is 0 Å². The van der Waals surface area contributed by atoms with E-state index in [0.29, 0.717) is 17.7 Å². The Morgan fingerprint density at radius 1 is 1.52 bits per heavy atom. The minimum atomic E-state index is -0.396. The molecule has 3 aromatic rings. The van der Waals surface area contributed by atoms with Crippen LogP contribution < -0.4 is 0 Å². The molecule has 0 bridgehead atoms. The first-order valence-corrected chi connectivity index (χ1v) is 9.04. The van der Waals surface area contributed by atoms with Crippen LogP contribution in [0.25, 0.3) is 21.8 Å². The number of pyridine rings is 2. The number of carbonyl (C=O) groups is 1. The largest absolute Gasteiger partial charge is 0.494 e. The smallest absolute Gasteiger partial charge is 0.245 e. The number of hydrogen-bond donors (Lipinski definition) is 2. The molecular weight excluding hydrogens is 316 g/mol. The van der Waals surface area contributed by atoms with Crippen LogP contribution in [0.2, 0.25) is 0 Å². The quantitative estimate of drug-likeness (QED) is 0.767. The number of nitrogens with one attached hydrogen (secondary N) is 1. The molecule has 4 rings (SSSR count). The first-order valence-electron chi connectivity index (χ1n) is 9.04. The zero-order valence-corrected chi connectivity index (χ0v) is 14.7. The van der Waals surface area contributed by atoms with E-state index in [4.69, 9.17) is 0 Å². The van der Waals surface area contributed by atoms with Crippen molar-refractivity contribution in [3.05, 3.63) is 24.7 Å². The Morgan fingerprint density at radius 2 is 2.36 bits per heavy atom. The number of nitrogens with zero attached hydrogens (tertiary/aromatic N) is 3. The highest BCUT2D eigenvalue weighted by molar-refractivity contribution is 6.09. The van der Waals surface area contributed by atoms with Gasteiger partial charge in [-0.3, -0.25) is 4.79 Å². The van der Waals surface area contributed by atoms with Gasteiger partial charge < -0.3 is 19.6 Å². The number of aromatic hydroxyl groups is 1. The van der Waals surface area contributed by atoms with E-state index in [1.165, 1.54) is 6.42 Å².